The van der Waals surface area contributed by atoms with Crippen molar-refractivity contribution in [2.45, 2.75) is 25.9 Å². The fraction of sp³-hybridized carbons (Fsp3) is 0.364. The highest BCUT2D eigenvalue weighted by Gasteiger charge is 2.30. The number of nitrogens with one attached hydrogen (secondary N) is 1. The summed E-state index contributed by atoms with van der Waals surface area (Å²) in [4.78, 5) is 25.9. The van der Waals surface area contributed by atoms with Crippen molar-refractivity contribution in [3.8, 4) is 11.5 Å². The summed E-state index contributed by atoms with van der Waals surface area (Å²) in [5.74, 6) is -2.79. The van der Waals surface area contributed by atoms with E-state index >= 15 is 0 Å². The zero-order valence-corrected chi connectivity index (χ0v) is 16.8. The van der Waals surface area contributed by atoms with E-state index < -0.39 is 23.4 Å². The number of hydrogen-bond donors (Lipinski definition) is 1. The number of piperidine rings is 1. The van der Waals surface area contributed by atoms with E-state index in [0.29, 0.717) is 25.9 Å². The van der Waals surface area contributed by atoms with Crippen LogP contribution in [0.15, 0.2) is 30.3 Å². The van der Waals surface area contributed by atoms with Gasteiger partial charge in [-0.1, -0.05) is 0 Å². The predicted molar refractivity (Wildman–Crippen MR) is 106 cm³/mol. The Morgan fingerprint density at radius 1 is 1.16 bits per heavy atom. The summed E-state index contributed by atoms with van der Waals surface area (Å²) in [6.07, 6.45) is 0.828. The number of likely N-dealkylation sites (tertiary alicyclic amines) is 1. The van der Waals surface area contributed by atoms with E-state index in [0.717, 1.165) is 18.2 Å². The Morgan fingerprint density at radius 2 is 1.90 bits per heavy atom. The van der Waals surface area contributed by atoms with Crippen molar-refractivity contribution in [1.82, 2.24) is 4.90 Å². The van der Waals surface area contributed by atoms with Gasteiger partial charge in [-0.25, -0.2) is 13.2 Å². The highest BCUT2D eigenvalue weighted by atomic mass is 19.1. The lowest BCUT2D eigenvalue weighted by atomic mass is 9.91. The average Bonchev–Trinajstić information content (AvgIpc) is 2.75. The van der Waals surface area contributed by atoms with Crippen LogP contribution in [0.4, 0.5) is 18.9 Å². The van der Waals surface area contributed by atoms with Crippen LogP contribution < -0.4 is 14.8 Å². The van der Waals surface area contributed by atoms with Crippen LogP contribution in [0.1, 0.15) is 30.1 Å². The molecule has 2 heterocycles. The number of rotatable bonds is 4. The van der Waals surface area contributed by atoms with Crippen LogP contribution in [0.3, 0.4) is 0 Å². The molecular weight excluding hydrogens is 413 g/mol. The average molecular weight is 434 g/mol. The van der Waals surface area contributed by atoms with Gasteiger partial charge in [0.05, 0.1) is 17.4 Å². The van der Waals surface area contributed by atoms with Crippen LogP contribution in [-0.4, -0.2) is 42.5 Å². The Morgan fingerprint density at radius 3 is 2.61 bits per heavy atom. The highest BCUT2D eigenvalue weighted by molar-refractivity contribution is 6.00. The summed E-state index contributed by atoms with van der Waals surface area (Å²) in [5, 5.41) is 2.57. The molecule has 1 atom stereocenters. The smallest absolute Gasteiger partial charge is 0.262 e. The van der Waals surface area contributed by atoms with Crippen LogP contribution in [-0.2, 0) is 4.79 Å². The molecule has 6 nitrogen and oxygen atoms in total. The quantitative estimate of drug-likeness (QED) is 0.796. The van der Waals surface area contributed by atoms with Gasteiger partial charge in [0.25, 0.3) is 11.8 Å². The Bertz CT molecular complexity index is 1020. The standard InChI is InChI=1S/C22H21F3N2O4/c1-12(31-19-3-2-14(23)8-17(19)25)13-4-6-27(7-5-13)22(29)15-9-18-20(10-16(15)24)30-11-21(28)26-18/h2-3,8-10,12-13H,4-7,11H2,1H3,(H,26,28). The number of hydrogen-bond acceptors (Lipinski definition) is 4. The lowest BCUT2D eigenvalue weighted by molar-refractivity contribution is -0.118. The summed E-state index contributed by atoms with van der Waals surface area (Å²) in [7, 11) is 0. The molecule has 0 bridgehead atoms. The summed E-state index contributed by atoms with van der Waals surface area (Å²) in [5.41, 5.74) is 0.125. The van der Waals surface area contributed by atoms with Gasteiger partial charge in [-0.15, -0.1) is 0 Å². The van der Waals surface area contributed by atoms with Gasteiger partial charge >= 0.3 is 0 Å². The number of anilines is 1. The number of nitrogens with zero attached hydrogens (tertiary/aromatic N) is 1. The molecule has 164 valence electrons. The number of carbonyl (C=O) groups is 2. The fourth-order valence-corrected chi connectivity index (χ4v) is 3.88. The van der Waals surface area contributed by atoms with Gasteiger partial charge in [0, 0.05) is 25.2 Å². The van der Waals surface area contributed by atoms with Crippen LogP contribution in [0.5, 0.6) is 11.5 Å². The molecular formula is C22H21F3N2O4. The molecule has 9 heteroatoms. The number of fused-ring (bicyclic) bond motifs is 1. The van der Waals surface area contributed by atoms with E-state index in [2.05, 4.69) is 5.32 Å². The van der Waals surface area contributed by atoms with Crippen LogP contribution in [0.25, 0.3) is 0 Å². The van der Waals surface area contributed by atoms with Gasteiger partial charge in [0.2, 0.25) is 0 Å². The van der Waals surface area contributed by atoms with Crippen LogP contribution in [0, 0.1) is 23.4 Å². The molecule has 1 fully saturated rings. The van der Waals surface area contributed by atoms with E-state index in [9.17, 15) is 22.8 Å². The summed E-state index contributed by atoms with van der Waals surface area (Å²) in [6.45, 7) is 2.36. The van der Waals surface area contributed by atoms with Crippen molar-refractivity contribution in [2.75, 3.05) is 25.0 Å². The number of halogens is 3. The maximum absolute atomic E-state index is 14.5. The van der Waals surface area contributed by atoms with Crippen molar-refractivity contribution in [2.24, 2.45) is 5.92 Å². The van der Waals surface area contributed by atoms with Crippen LogP contribution >= 0.6 is 0 Å². The van der Waals surface area contributed by atoms with Crippen molar-refractivity contribution in [3.05, 3.63) is 53.3 Å². The van der Waals surface area contributed by atoms with Gasteiger partial charge in [-0.05, 0) is 43.9 Å². The van der Waals surface area contributed by atoms with Gasteiger partial charge in [-0.3, -0.25) is 9.59 Å². The van der Waals surface area contributed by atoms with E-state index in [4.69, 9.17) is 9.47 Å². The first-order valence-corrected chi connectivity index (χ1v) is 9.99. The molecule has 2 amide bonds. The SMILES string of the molecule is CC(Oc1ccc(F)cc1F)C1CCN(C(=O)c2cc3c(cc2F)OCC(=O)N3)CC1. The number of ether oxygens (including phenoxy) is 2. The second-order valence-corrected chi connectivity index (χ2v) is 7.69. The maximum Gasteiger partial charge on any atom is 0.262 e. The summed E-state index contributed by atoms with van der Waals surface area (Å²) < 4.78 is 52.2. The molecule has 2 aromatic rings. The Labute approximate surface area is 176 Å². The highest BCUT2D eigenvalue weighted by Crippen LogP contribution is 2.32. The summed E-state index contributed by atoms with van der Waals surface area (Å²) >= 11 is 0. The normalized spacial score (nSPS) is 17.4. The lowest BCUT2D eigenvalue weighted by Gasteiger charge is -2.35. The van der Waals surface area contributed by atoms with Crippen molar-refractivity contribution in [3.63, 3.8) is 0 Å². The first-order valence-electron chi connectivity index (χ1n) is 9.99. The molecule has 4 rings (SSSR count). The zero-order valence-electron chi connectivity index (χ0n) is 16.8. The molecule has 0 aromatic heterocycles. The van der Waals surface area contributed by atoms with Gasteiger partial charge in [-0.2, -0.15) is 0 Å². The molecule has 2 aromatic carbocycles. The first kappa shape index (κ1) is 21.0. The molecule has 0 saturated carbocycles. The molecule has 31 heavy (non-hydrogen) atoms. The molecule has 0 aliphatic carbocycles. The minimum absolute atomic E-state index is 0.0206. The fourth-order valence-electron chi connectivity index (χ4n) is 3.88. The predicted octanol–water partition coefficient (Wildman–Crippen LogP) is 3.75. The molecule has 1 unspecified atom stereocenters. The Kier molecular flexibility index (Phi) is 5.75. The second-order valence-electron chi connectivity index (χ2n) is 7.69. The number of amides is 2. The third kappa shape index (κ3) is 4.45. The second kappa shape index (κ2) is 8.49. The zero-order chi connectivity index (χ0) is 22.1. The van der Waals surface area contributed by atoms with E-state index in [1.54, 1.807) is 6.92 Å². The van der Waals surface area contributed by atoms with E-state index in [1.807, 2.05) is 0 Å². The largest absolute Gasteiger partial charge is 0.487 e. The van der Waals surface area contributed by atoms with Gasteiger partial charge in [0.15, 0.2) is 18.2 Å². The number of benzene rings is 2. The molecule has 1 N–H and O–H groups in total. The third-order valence-corrected chi connectivity index (χ3v) is 5.63. The Balaban J connectivity index is 1.39. The number of carbonyl (C=O) groups excluding carboxylic acids is 2. The molecule has 0 radical (unpaired) electrons. The van der Waals surface area contributed by atoms with Gasteiger partial charge in [0.1, 0.15) is 17.4 Å². The monoisotopic (exact) mass is 434 g/mol. The maximum atomic E-state index is 14.5. The Hall–Kier alpha value is -3.23. The minimum atomic E-state index is -0.765. The first-order chi connectivity index (χ1) is 14.8. The molecule has 2 aliphatic rings. The van der Waals surface area contributed by atoms with Crippen molar-refractivity contribution in [1.29, 1.82) is 0 Å². The molecule has 2 aliphatic heterocycles. The van der Waals surface area contributed by atoms with Crippen molar-refractivity contribution < 1.29 is 32.2 Å². The van der Waals surface area contributed by atoms with E-state index in [-0.39, 0.29) is 47.3 Å². The minimum Gasteiger partial charge on any atom is -0.487 e. The topological polar surface area (TPSA) is 67.9 Å². The van der Waals surface area contributed by atoms with Crippen LogP contribution in [0.2, 0.25) is 0 Å². The molecule has 1 saturated heterocycles. The summed E-state index contributed by atoms with van der Waals surface area (Å²) in [6, 6.07) is 5.54. The lowest BCUT2D eigenvalue weighted by Crippen LogP contribution is -2.42. The van der Waals surface area contributed by atoms with E-state index in [1.165, 1.54) is 17.0 Å². The van der Waals surface area contributed by atoms with Gasteiger partial charge < -0.3 is 19.7 Å². The molecule has 0 spiro atoms. The van der Waals surface area contributed by atoms with Crippen molar-refractivity contribution >= 4 is 17.5 Å². The third-order valence-electron chi connectivity index (χ3n) is 5.63.